The molecule has 1 aromatic carbocycles. The van der Waals surface area contributed by atoms with Gasteiger partial charge < -0.3 is 14.2 Å². The Kier molecular flexibility index (Phi) is 45.4. The van der Waals surface area contributed by atoms with Crippen LogP contribution in [0.3, 0.4) is 0 Å². The topological polar surface area (TPSA) is 27.7 Å². The highest BCUT2D eigenvalue weighted by Crippen LogP contribution is 2.39. The van der Waals surface area contributed by atoms with Gasteiger partial charge in [0.1, 0.15) is 0 Å². The molecule has 0 unspecified atom stereocenters. The smallest absolute Gasteiger partial charge is 0.203 e. The second-order valence-corrected chi connectivity index (χ2v) is 19.3. The monoisotopic (exact) mass is 854 g/mol. The molecule has 61 heavy (non-hydrogen) atoms. The van der Waals surface area contributed by atoms with Gasteiger partial charge in [0.2, 0.25) is 5.75 Å². The first-order chi connectivity index (χ1) is 30.2. The molecular weight excluding hydrogens is 745 g/mol. The summed E-state index contributed by atoms with van der Waals surface area (Å²) in [6.45, 7) is 13.4. The fourth-order valence-corrected chi connectivity index (χ4v) is 8.95. The Bertz CT molecular complexity index is 933. The van der Waals surface area contributed by atoms with Crippen LogP contribution in [0.4, 0.5) is 0 Å². The number of benzene rings is 1. The van der Waals surface area contributed by atoms with Gasteiger partial charge in [0.15, 0.2) is 11.5 Å². The molecule has 1 rings (SSSR count). The van der Waals surface area contributed by atoms with E-state index < -0.39 is 0 Å². The van der Waals surface area contributed by atoms with Crippen molar-refractivity contribution in [2.75, 3.05) is 19.8 Å². The fraction of sp³-hybridized carbons (Fsp3) is 0.879. The summed E-state index contributed by atoms with van der Waals surface area (Å²) in [5, 5.41) is 0. The summed E-state index contributed by atoms with van der Waals surface area (Å²) in [6, 6.07) is 4.13. The standard InChI is InChI=1S/C58H109O3/c1-5-8-11-14-17-20-23-26-29-32-35-38-41-44-47-50-59-56-53-55(4)54-57(60-51-48-45-42-39-36-33-30-27-24-21-18-15-12-9-6-2)58(56)61-52-49-46-43-40-37-34-31-28-25-22-19-16-13-10-7-3/h53-54H,4-52H2,1-3H3. The minimum atomic E-state index is 0.722. The van der Waals surface area contributed by atoms with Crippen molar-refractivity contribution in [2.24, 2.45) is 0 Å². The van der Waals surface area contributed by atoms with Crippen molar-refractivity contribution < 1.29 is 14.2 Å². The summed E-state index contributed by atoms with van der Waals surface area (Å²) in [7, 11) is 0. The van der Waals surface area contributed by atoms with E-state index in [-0.39, 0.29) is 0 Å². The van der Waals surface area contributed by atoms with Gasteiger partial charge in [-0.15, -0.1) is 0 Å². The van der Waals surface area contributed by atoms with E-state index in [1.807, 2.05) is 0 Å². The normalized spacial score (nSPS) is 11.5. The van der Waals surface area contributed by atoms with Crippen LogP contribution >= 0.6 is 0 Å². The minimum Gasteiger partial charge on any atom is -0.490 e. The second kappa shape index (κ2) is 48.1. The molecule has 0 bridgehead atoms. The first-order valence-electron chi connectivity index (χ1n) is 28.1. The zero-order chi connectivity index (χ0) is 43.8. The SMILES string of the molecule is [CH2]c1cc(OCCCCCCCCCCCCCCCCC)c(OCCCCCCCCCCCCCCCCC)c(OCCCCCCCCCCCCCCCCC)c1. The molecule has 0 aliphatic heterocycles. The van der Waals surface area contributed by atoms with Gasteiger partial charge in [-0.1, -0.05) is 290 Å². The molecule has 0 saturated heterocycles. The zero-order valence-electron chi connectivity index (χ0n) is 42.0. The van der Waals surface area contributed by atoms with Gasteiger partial charge in [-0.05, 0) is 43.9 Å². The molecule has 0 aliphatic rings. The summed E-state index contributed by atoms with van der Waals surface area (Å²) in [6.07, 6.45) is 61.9. The van der Waals surface area contributed by atoms with Crippen LogP contribution in [0.15, 0.2) is 12.1 Å². The van der Waals surface area contributed by atoms with Crippen LogP contribution in [0.25, 0.3) is 0 Å². The lowest BCUT2D eigenvalue weighted by Crippen LogP contribution is -2.06. The predicted octanol–water partition coefficient (Wildman–Crippen LogP) is 20.6. The summed E-state index contributed by atoms with van der Waals surface area (Å²) in [4.78, 5) is 0. The highest BCUT2D eigenvalue weighted by atomic mass is 16.5. The van der Waals surface area contributed by atoms with Gasteiger partial charge in [-0.3, -0.25) is 0 Å². The number of hydrogen-bond acceptors (Lipinski definition) is 3. The quantitative estimate of drug-likeness (QED) is 0.0611. The average molecular weight is 855 g/mol. The highest BCUT2D eigenvalue weighted by molar-refractivity contribution is 5.54. The van der Waals surface area contributed by atoms with Crippen LogP contribution in [0.1, 0.15) is 315 Å². The molecule has 3 nitrogen and oxygen atoms in total. The Morgan fingerprint density at radius 3 is 0.656 bits per heavy atom. The molecule has 0 amide bonds. The third kappa shape index (κ3) is 39.9. The summed E-state index contributed by atoms with van der Waals surface area (Å²) in [5.74, 6) is 2.45. The van der Waals surface area contributed by atoms with Crippen LogP contribution in [-0.4, -0.2) is 19.8 Å². The maximum Gasteiger partial charge on any atom is 0.203 e. The molecule has 0 aliphatic carbocycles. The van der Waals surface area contributed by atoms with E-state index in [0.717, 1.165) is 61.9 Å². The third-order valence-electron chi connectivity index (χ3n) is 13.1. The Morgan fingerprint density at radius 1 is 0.262 bits per heavy atom. The van der Waals surface area contributed by atoms with Crippen molar-refractivity contribution in [3.63, 3.8) is 0 Å². The molecule has 0 spiro atoms. The molecular formula is C58H109O3. The van der Waals surface area contributed by atoms with E-state index in [1.54, 1.807) is 0 Å². The van der Waals surface area contributed by atoms with Gasteiger partial charge in [0.25, 0.3) is 0 Å². The lowest BCUT2D eigenvalue weighted by atomic mass is 10.0. The van der Waals surface area contributed by atoms with Crippen molar-refractivity contribution in [2.45, 2.75) is 310 Å². The van der Waals surface area contributed by atoms with Crippen molar-refractivity contribution in [3.8, 4) is 17.2 Å². The number of hydrogen-bond donors (Lipinski definition) is 0. The van der Waals surface area contributed by atoms with Gasteiger partial charge in [0, 0.05) is 0 Å². The lowest BCUT2D eigenvalue weighted by Gasteiger charge is -2.18. The van der Waals surface area contributed by atoms with Crippen LogP contribution in [0.5, 0.6) is 17.2 Å². The minimum absolute atomic E-state index is 0.722. The Hall–Kier alpha value is -1.38. The van der Waals surface area contributed by atoms with Crippen LogP contribution in [0.2, 0.25) is 0 Å². The molecule has 3 heteroatoms. The predicted molar refractivity (Wildman–Crippen MR) is 272 cm³/mol. The molecule has 359 valence electrons. The maximum atomic E-state index is 6.52. The summed E-state index contributed by atoms with van der Waals surface area (Å²) >= 11 is 0. The van der Waals surface area contributed by atoms with Crippen LogP contribution < -0.4 is 14.2 Å². The molecule has 0 atom stereocenters. The van der Waals surface area contributed by atoms with E-state index >= 15 is 0 Å². The van der Waals surface area contributed by atoms with E-state index in [9.17, 15) is 0 Å². The summed E-state index contributed by atoms with van der Waals surface area (Å²) in [5.41, 5.74) is 0.942. The molecule has 0 aromatic heterocycles. The van der Waals surface area contributed by atoms with E-state index in [2.05, 4.69) is 39.8 Å². The zero-order valence-corrected chi connectivity index (χ0v) is 42.0. The second-order valence-electron chi connectivity index (χ2n) is 19.3. The van der Waals surface area contributed by atoms with E-state index in [4.69, 9.17) is 14.2 Å². The Labute approximate surface area is 384 Å². The largest absolute Gasteiger partial charge is 0.490 e. The van der Waals surface area contributed by atoms with Gasteiger partial charge in [0.05, 0.1) is 19.8 Å². The summed E-state index contributed by atoms with van der Waals surface area (Å²) < 4.78 is 19.4. The molecule has 0 N–H and O–H groups in total. The first kappa shape index (κ1) is 57.6. The first-order valence-corrected chi connectivity index (χ1v) is 28.1. The molecule has 1 aromatic rings. The van der Waals surface area contributed by atoms with Crippen LogP contribution in [-0.2, 0) is 0 Å². The van der Waals surface area contributed by atoms with E-state index in [0.29, 0.717) is 0 Å². The molecule has 1 radical (unpaired) electrons. The maximum absolute atomic E-state index is 6.52. The van der Waals surface area contributed by atoms with Crippen molar-refractivity contribution >= 4 is 0 Å². The fourth-order valence-electron chi connectivity index (χ4n) is 8.95. The molecule has 0 saturated carbocycles. The van der Waals surface area contributed by atoms with Crippen LogP contribution in [0, 0.1) is 6.92 Å². The highest BCUT2D eigenvalue weighted by Gasteiger charge is 2.15. The third-order valence-corrected chi connectivity index (χ3v) is 13.1. The Balaban J connectivity index is 2.37. The number of unbranched alkanes of at least 4 members (excludes halogenated alkanes) is 42. The number of rotatable bonds is 51. The van der Waals surface area contributed by atoms with E-state index in [1.165, 1.54) is 270 Å². The number of ether oxygens (including phenoxy) is 3. The van der Waals surface area contributed by atoms with Crippen molar-refractivity contribution in [1.29, 1.82) is 0 Å². The van der Waals surface area contributed by atoms with Crippen molar-refractivity contribution in [1.82, 2.24) is 0 Å². The molecule has 0 heterocycles. The van der Waals surface area contributed by atoms with Gasteiger partial charge in [-0.2, -0.15) is 0 Å². The van der Waals surface area contributed by atoms with Crippen molar-refractivity contribution in [3.05, 3.63) is 24.6 Å². The molecule has 0 fully saturated rings. The average Bonchev–Trinajstić information content (AvgIpc) is 3.26. The van der Waals surface area contributed by atoms with Gasteiger partial charge >= 0.3 is 0 Å². The lowest BCUT2D eigenvalue weighted by molar-refractivity contribution is 0.234. The van der Waals surface area contributed by atoms with Gasteiger partial charge in [-0.25, -0.2) is 0 Å². The Morgan fingerprint density at radius 2 is 0.443 bits per heavy atom.